The summed E-state index contributed by atoms with van der Waals surface area (Å²) in [5.41, 5.74) is 1.77. The Bertz CT molecular complexity index is 1060. The van der Waals surface area contributed by atoms with E-state index >= 15 is 0 Å². The number of nitrogens with zero attached hydrogens (tertiary/aromatic N) is 2. The second-order valence-corrected chi connectivity index (χ2v) is 25.8. The van der Waals surface area contributed by atoms with Crippen LogP contribution in [0.3, 0.4) is 0 Å². The first-order chi connectivity index (χ1) is 24.0. The first-order valence-electron chi connectivity index (χ1n) is 21.7. The highest BCUT2D eigenvalue weighted by molar-refractivity contribution is 5.76. The molecule has 0 aromatic carbocycles. The van der Waals surface area contributed by atoms with Crippen LogP contribution in [0.1, 0.15) is 223 Å². The average molecular weight is 781 g/mol. The maximum absolute atomic E-state index is 12.0. The van der Waals surface area contributed by atoms with Gasteiger partial charge in [0.25, 0.3) is 0 Å². The van der Waals surface area contributed by atoms with Crippen LogP contribution in [-0.4, -0.2) is 61.4 Å². The Morgan fingerprint density at radius 3 is 1.05 bits per heavy atom. The SMILES string of the molecule is CC(C)(C)CCC(=O)OCC(C)(CC(C)(C)C)CC(C)(C)C.CN(CCCC(C)(C)C)C(=O)CC(C)(C)C.CN(CCCC(C)(C)C)C(=O)CCC(C)(C)C. The molecule has 0 fully saturated rings. The Morgan fingerprint density at radius 2 is 0.745 bits per heavy atom. The number of amides is 2. The molecule has 0 radical (unpaired) electrons. The van der Waals surface area contributed by atoms with Crippen LogP contribution in [-0.2, 0) is 19.1 Å². The van der Waals surface area contributed by atoms with Gasteiger partial charge < -0.3 is 14.5 Å². The minimum absolute atomic E-state index is 0.0356. The molecule has 0 aliphatic heterocycles. The van der Waals surface area contributed by atoms with Gasteiger partial charge in [0.05, 0.1) is 6.61 Å². The average Bonchev–Trinajstić information content (AvgIpc) is 2.89. The summed E-state index contributed by atoms with van der Waals surface area (Å²) in [6.45, 7) is 50.9. The van der Waals surface area contributed by atoms with Gasteiger partial charge in [-0.15, -0.1) is 0 Å². The van der Waals surface area contributed by atoms with E-state index in [-0.39, 0.29) is 50.3 Å². The minimum atomic E-state index is -0.0519. The third-order valence-electron chi connectivity index (χ3n) is 9.04. The van der Waals surface area contributed by atoms with Crippen LogP contribution in [0.25, 0.3) is 0 Å². The highest BCUT2D eigenvalue weighted by Crippen LogP contribution is 2.42. The van der Waals surface area contributed by atoms with Gasteiger partial charge in [-0.05, 0) is 89.3 Å². The molecule has 0 aromatic rings. The molecule has 2 amide bonds. The molecule has 0 aliphatic carbocycles. The molecule has 0 spiro atoms. The van der Waals surface area contributed by atoms with Gasteiger partial charge in [0.15, 0.2) is 0 Å². The quantitative estimate of drug-likeness (QED) is 0.155. The van der Waals surface area contributed by atoms with Gasteiger partial charge in [0.1, 0.15) is 0 Å². The molecule has 0 saturated carbocycles. The van der Waals surface area contributed by atoms with Crippen LogP contribution < -0.4 is 0 Å². The molecule has 0 rings (SSSR count). The van der Waals surface area contributed by atoms with E-state index in [0.717, 1.165) is 51.6 Å². The summed E-state index contributed by atoms with van der Waals surface area (Å²) < 4.78 is 5.66. The lowest BCUT2D eigenvalue weighted by molar-refractivity contribution is -0.149. The third kappa shape index (κ3) is 43.4. The summed E-state index contributed by atoms with van der Waals surface area (Å²) in [4.78, 5) is 39.5. The number of ether oxygens (including phenoxy) is 1. The van der Waals surface area contributed by atoms with Gasteiger partial charge in [-0.3, -0.25) is 14.4 Å². The van der Waals surface area contributed by atoms with Crippen LogP contribution in [0, 0.1) is 43.3 Å². The number of carbonyl (C=O) groups excluding carboxylic acids is 3. The van der Waals surface area contributed by atoms with Gasteiger partial charge in [-0.25, -0.2) is 0 Å². The molecule has 6 nitrogen and oxygen atoms in total. The van der Waals surface area contributed by atoms with E-state index in [9.17, 15) is 14.4 Å². The fourth-order valence-electron chi connectivity index (χ4n) is 6.73. The first kappa shape index (κ1) is 57.7. The Hall–Kier alpha value is -1.59. The third-order valence-corrected chi connectivity index (χ3v) is 9.04. The maximum atomic E-state index is 12.0. The van der Waals surface area contributed by atoms with Crippen LogP contribution in [0.2, 0.25) is 0 Å². The van der Waals surface area contributed by atoms with Crippen LogP contribution >= 0.6 is 0 Å². The van der Waals surface area contributed by atoms with Crippen molar-refractivity contribution in [1.82, 2.24) is 9.80 Å². The lowest BCUT2D eigenvalue weighted by Crippen LogP contribution is -2.34. The zero-order valence-electron chi connectivity index (χ0n) is 41.9. The summed E-state index contributed by atoms with van der Waals surface area (Å²) in [6, 6.07) is 0. The molecule has 0 bridgehead atoms. The predicted molar refractivity (Wildman–Crippen MR) is 241 cm³/mol. The summed E-state index contributed by atoms with van der Waals surface area (Å²) in [6.07, 6.45) is 10.3. The zero-order valence-corrected chi connectivity index (χ0v) is 41.9. The first-order valence-corrected chi connectivity index (χ1v) is 21.7. The predicted octanol–water partition coefficient (Wildman–Crippen LogP) is 14.0. The number of esters is 1. The normalized spacial score (nSPS) is 13.2. The largest absolute Gasteiger partial charge is 0.465 e. The van der Waals surface area contributed by atoms with Crippen LogP contribution in [0.15, 0.2) is 0 Å². The Morgan fingerprint density at radius 1 is 0.418 bits per heavy atom. The standard InChI is InChI=1S/C20H40O2.C15H31NO.C14H29NO/c1-17(2,3)12-11-16(21)22-15-20(10,13-18(4,5)6)14-19(7,8)9;1-14(2,3)10-8-12-16(7)13(17)9-11-15(4,5)6;1-13(2,3)9-8-10-15(7)12(16)11-14(4,5)6/h11-15H2,1-10H3;8-12H2,1-7H3;8-11H2,1-7H3. The van der Waals surface area contributed by atoms with E-state index in [1.165, 1.54) is 12.8 Å². The molecule has 0 aliphatic rings. The Labute approximate surface area is 345 Å². The number of hydrogen-bond donors (Lipinski definition) is 0. The van der Waals surface area contributed by atoms with Crippen molar-refractivity contribution in [3.63, 3.8) is 0 Å². The summed E-state index contributed by atoms with van der Waals surface area (Å²) >= 11 is 0. The summed E-state index contributed by atoms with van der Waals surface area (Å²) in [7, 11) is 3.84. The Balaban J connectivity index is -0.000000750. The Kier molecular flexibility index (Phi) is 24.9. The van der Waals surface area contributed by atoms with E-state index < -0.39 is 0 Å². The second-order valence-electron chi connectivity index (χ2n) is 25.8. The molecule has 330 valence electrons. The molecular weight excluding hydrogens is 681 g/mol. The second kappa shape index (κ2) is 23.7. The van der Waals surface area contributed by atoms with E-state index in [4.69, 9.17) is 4.74 Å². The van der Waals surface area contributed by atoms with Gasteiger partial charge in [-0.1, -0.05) is 152 Å². The summed E-state index contributed by atoms with van der Waals surface area (Å²) in [5.74, 6) is 0.499. The number of rotatable bonds is 15. The van der Waals surface area contributed by atoms with Crippen molar-refractivity contribution in [1.29, 1.82) is 0 Å². The number of hydrogen-bond acceptors (Lipinski definition) is 4. The van der Waals surface area contributed by atoms with Crippen molar-refractivity contribution in [2.75, 3.05) is 33.8 Å². The van der Waals surface area contributed by atoms with E-state index in [0.29, 0.717) is 36.7 Å². The number of carbonyl (C=O) groups is 3. The molecule has 0 heterocycles. The van der Waals surface area contributed by atoms with Crippen molar-refractivity contribution < 1.29 is 19.1 Å². The zero-order chi connectivity index (χ0) is 44.5. The van der Waals surface area contributed by atoms with Gasteiger partial charge in [-0.2, -0.15) is 0 Å². The van der Waals surface area contributed by atoms with E-state index in [1.54, 1.807) is 0 Å². The highest BCUT2D eigenvalue weighted by atomic mass is 16.5. The molecule has 0 N–H and O–H groups in total. The van der Waals surface area contributed by atoms with Crippen molar-refractivity contribution in [2.45, 2.75) is 223 Å². The van der Waals surface area contributed by atoms with Gasteiger partial charge >= 0.3 is 5.97 Å². The fraction of sp³-hybridized carbons (Fsp3) is 0.939. The lowest BCUT2D eigenvalue weighted by Gasteiger charge is -2.39. The molecule has 0 atom stereocenters. The van der Waals surface area contributed by atoms with E-state index in [1.807, 2.05) is 23.9 Å². The van der Waals surface area contributed by atoms with Crippen molar-refractivity contribution in [2.24, 2.45) is 43.3 Å². The van der Waals surface area contributed by atoms with Crippen molar-refractivity contribution in [3.8, 4) is 0 Å². The highest BCUT2D eigenvalue weighted by Gasteiger charge is 2.35. The lowest BCUT2D eigenvalue weighted by atomic mass is 9.68. The van der Waals surface area contributed by atoms with Crippen LogP contribution in [0.4, 0.5) is 0 Å². The molecule has 0 aromatic heterocycles. The molecule has 0 unspecified atom stereocenters. The monoisotopic (exact) mass is 781 g/mol. The maximum Gasteiger partial charge on any atom is 0.305 e. The van der Waals surface area contributed by atoms with Crippen molar-refractivity contribution in [3.05, 3.63) is 0 Å². The van der Waals surface area contributed by atoms with E-state index in [2.05, 4.69) is 152 Å². The molecular formula is C49H100N2O4. The smallest absolute Gasteiger partial charge is 0.305 e. The molecule has 6 heteroatoms. The molecule has 55 heavy (non-hydrogen) atoms. The van der Waals surface area contributed by atoms with Crippen LogP contribution in [0.5, 0.6) is 0 Å². The van der Waals surface area contributed by atoms with Crippen molar-refractivity contribution >= 4 is 17.8 Å². The van der Waals surface area contributed by atoms with Gasteiger partial charge in [0, 0.05) is 51.9 Å². The fourth-order valence-corrected chi connectivity index (χ4v) is 6.73. The minimum Gasteiger partial charge on any atom is -0.465 e. The topological polar surface area (TPSA) is 66.9 Å². The molecule has 0 saturated heterocycles. The van der Waals surface area contributed by atoms with Gasteiger partial charge in [0.2, 0.25) is 11.8 Å². The summed E-state index contributed by atoms with van der Waals surface area (Å²) in [5, 5.41) is 0.